The van der Waals surface area contributed by atoms with Crippen LogP contribution in [0, 0.1) is 11.1 Å². The first-order chi connectivity index (χ1) is 33.3. The van der Waals surface area contributed by atoms with Crippen molar-refractivity contribution in [2.45, 2.75) is 75.1 Å². The van der Waals surface area contributed by atoms with Crippen LogP contribution in [-0.2, 0) is 71.7 Å². The van der Waals surface area contributed by atoms with Gasteiger partial charge in [-0.05, 0) is 0 Å². The van der Waals surface area contributed by atoms with Crippen LogP contribution in [0.1, 0.15) is 45.4 Å². The Kier molecular flexibility index (Phi) is 16.7. The van der Waals surface area contributed by atoms with Crippen LogP contribution in [0.3, 0.4) is 0 Å². The Morgan fingerprint density at radius 2 is 1.19 bits per heavy atom. The molecule has 2 heterocycles. The van der Waals surface area contributed by atoms with Crippen molar-refractivity contribution in [1.29, 1.82) is 5.31 Å². The van der Waals surface area contributed by atoms with Gasteiger partial charge in [-0.25, -0.2) is 0 Å². The molecule has 2 N–H and O–H groups in total. The Hall–Kier alpha value is -5.97. The summed E-state index contributed by atoms with van der Waals surface area (Å²) in [4.78, 5) is 0. The average molecular weight is 926 g/mol. The molecule has 6 aromatic rings. The number of nitrogens with one attached hydrogen (secondary N) is 1. The van der Waals surface area contributed by atoms with E-state index in [0.29, 0.717) is 36.0 Å². The van der Waals surface area contributed by atoms with Crippen LogP contribution >= 0.6 is 0 Å². The fourth-order valence-corrected chi connectivity index (χ4v) is 8.54. The molecular formula is C54H57BFNO11. The molecule has 6 aromatic carbocycles. The molecule has 2 aliphatic rings. The molecule has 0 spiro atoms. The number of hydrogen-bond acceptors (Lipinski definition) is 12. The van der Waals surface area contributed by atoms with E-state index in [9.17, 15) is 5.11 Å². The maximum atomic E-state index is 16.1. The summed E-state index contributed by atoms with van der Waals surface area (Å²) >= 11 is 0. The first-order valence-corrected chi connectivity index (χ1v) is 22.7. The van der Waals surface area contributed by atoms with Gasteiger partial charge in [0, 0.05) is 6.42 Å². The zero-order chi connectivity index (χ0) is 47.2. The molecule has 68 heavy (non-hydrogen) atoms. The zero-order valence-corrected chi connectivity index (χ0v) is 38.3. The number of halogens is 1. The minimum atomic E-state index is -2.37. The summed E-state index contributed by atoms with van der Waals surface area (Å²) in [6.07, 6.45) is -2.67. The number of methoxy groups -OCH3 is 2. The normalized spacial score (nSPS) is 20.9. The summed E-state index contributed by atoms with van der Waals surface area (Å²) in [7, 11) is 4.02. The monoisotopic (exact) mass is 925 g/mol. The van der Waals surface area contributed by atoms with E-state index in [0.717, 1.165) is 41.5 Å². The maximum absolute atomic E-state index is 16.1. The van der Waals surface area contributed by atoms with E-state index in [4.69, 9.17) is 52.6 Å². The standard InChI is InChI=1S/C54H57BFNO11/c1-59-45-20-15-41(16-21-45)31-62-36-53(37-63-32-42-17-22-46(60-2)23-18-42)51(67-55-57)50(64-33-39-9-5-3-6-10-39)52(65-34-40-11-7-4-8-12-40)54(58,68-53)44-19-26-49(56)43(30-44)29-38-13-24-47(25-14-38)66-48-27-28-61-35-48/h3-26,30,48,50-52,57-58H,27-29,31-37H2,1-2H3/t48?,50-,51-,52?,54?/m0/s1. The van der Waals surface area contributed by atoms with Gasteiger partial charge in [0.2, 0.25) is 0 Å². The van der Waals surface area contributed by atoms with Gasteiger partial charge in [-0.2, -0.15) is 0 Å². The second-order valence-electron chi connectivity index (χ2n) is 16.9. The van der Waals surface area contributed by atoms with Crippen molar-refractivity contribution in [2.75, 3.05) is 40.6 Å². The third-order valence-electron chi connectivity index (χ3n) is 12.1. The van der Waals surface area contributed by atoms with E-state index in [1.807, 2.05) is 133 Å². The Morgan fingerprint density at radius 3 is 1.74 bits per heavy atom. The molecule has 0 aliphatic carbocycles. The number of rotatable bonds is 23. The van der Waals surface area contributed by atoms with Gasteiger partial charge in [-0.3, -0.25) is 0 Å². The summed E-state index contributed by atoms with van der Waals surface area (Å²) in [5, 5.41) is 22.0. The Morgan fingerprint density at radius 1 is 0.647 bits per heavy atom. The molecule has 0 saturated carbocycles. The molecule has 3 unspecified atom stereocenters. The predicted octanol–water partition coefficient (Wildman–Crippen LogP) is 8.89. The van der Waals surface area contributed by atoms with Crippen molar-refractivity contribution in [2.24, 2.45) is 0 Å². The summed E-state index contributed by atoms with van der Waals surface area (Å²) in [6.45, 7) is 1.14. The van der Waals surface area contributed by atoms with E-state index >= 15 is 4.39 Å². The predicted molar refractivity (Wildman–Crippen MR) is 252 cm³/mol. The molecule has 14 heteroatoms. The van der Waals surface area contributed by atoms with Crippen LogP contribution in [0.2, 0.25) is 0 Å². The molecule has 354 valence electrons. The van der Waals surface area contributed by atoms with Crippen molar-refractivity contribution < 1.29 is 56.8 Å². The molecule has 2 saturated heterocycles. The molecule has 12 nitrogen and oxygen atoms in total. The van der Waals surface area contributed by atoms with Crippen LogP contribution in [0.5, 0.6) is 17.2 Å². The minimum absolute atomic E-state index is 0.0134. The van der Waals surface area contributed by atoms with Gasteiger partial charge in [0.05, 0.1) is 13.2 Å². The molecule has 0 radical (unpaired) electrons. The molecule has 0 aromatic heterocycles. The zero-order valence-electron chi connectivity index (χ0n) is 38.3. The van der Waals surface area contributed by atoms with Gasteiger partial charge >= 0.3 is 358 Å². The number of aliphatic hydroxyl groups is 1. The molecule has 2 aliphatic heterocycles. The van der Waals surface area contributed by atoms with Crippen molar-refractivity contribution >= 4 is 7.27 Å². The van der Waals surface area contributed by atoms with E-state index < -0.39 is 35.5 Å². The molecule has 8 rings (SSSR count). The second-order valence-corrected chi connectivity index (χ2v) is 16.9. The Bertz CT molecular complexity index is 2430. The van der Waals surface area contributed by atoms with Crippen LogP contribution < -0.4 is 14.2 Å². The quantitative estimate of drug-likeness (QED) is 0.0597. The number of benzene rings is 6. The Balaban J connectivity index is 1.20. The topological polar surface area (TPSA) is 136 Å². The fraction of sp³-hybridized carbons (Fsp3) is 0.333. The average Bonchev–Trinajstić information content (AvgIpc) is 3.89. The summed E-state index contributed by atoms with van der Waals surface area (Å²) < 4.78 is 78.5. The van der Waals surface area contributed by atoms with E-state index in [1.165, 1.54) is 12.1 Å². The van der Waals surface area contributed by atoms with Gasteiger partial charge < -0.3 is 9.47 Å². The molecule has 0 amide bonds. The van der Waals surface area contributed by atoms with Crippen molar-refractivity contribution in [3.05, 3.63) is 196 Å². The molecule has 2 fully saturated rings. The van der Waals surface area contributed by atoms with Crippen molar-refractivity contribution in [3.63, 3.8) is 0 Å². The van der Waals surface area contributed by atoms with E-state index in [-0.39, 0.29) is 57.7 Å². The summed E-state index contributed by atoms with van der Waals surface area (Å²) in [6, 6.07) is 45.9. The Labute approximate surface area is 397 Å². The number of ether oxygens (including phenoxy) is 9. The van der Waals surface area contributed by atoms with Crippen LogP contribution in [-0.4, -0.2) is 83.0 Å². The van der Waals surface area contributed by atoms with Crippen LogP contribution in [0.25, 0.3) is 0 Å². The molecular weight excluding hydrogens is 868 g/mol. The third-order valence-corrected chi connectivity index (χ3v) is 12.1. The summed E-state index contributed by atoms with van der Waals surface area (Å²) in [5.41, 5.74) is 2.96. The van der Waals surface area contributed by atoms with Crippen molar-refractivity contribution in [3.8, 4) is 17.2 Å². The van der Waals surface area contributed by atoms with Crippen LogP contribution in [0.15, 0.2) is 152 Å². The van der Waals surface area contributed by atoms with E-state index in [2.05, 4.69) is 0 Å². The number of hydrogen-bond donors (Lipinski definition) is 2. The van der Waals surface area contributed by atoms with Gasteiger partial charge in [-0.15, -0.1) is 0 Å². The van der Waals surface area contributed by atoms with E-state index in [1.54, 1.807) is 20.3 Å². The van der Waals surface area contributed by atoms with Gasteiger partial charge in [0.1, 0.15) is 11.9 Å². The third kappa shape index (κ3) is 12.2. The van der Waals surface area contributed by atoms with Gasteiger partial charge in [-0.1, -0.05) is 0 Å². The van der Waals surface area contributed by atoms with Gasteiger partial charge in [0.25, 0.3) is 0 Å². The first kappa shape index (κ1) is 48.5. The molecule has 0 bridgehead atoms. The van der Waals surface area contributed by atoms with Gasteiger partial charge in [0.15, 0.2) is 0 Å². The summed E-state index contributed by atoms with van der Waals surface area (Å²) in [5.74, 6) is -0.760. The first-order valence-electron chi connectivity index (χ1n) is 22.7. The van der Waals surface area contributed by atoms with Crippen molar-refractivity contribution in [1.82, 2.24) is 0 Å². The van der Waals surface area contributed by atoms with Crippen LogP contribution in [0.4, 0.5) is 4.39 Å². The SMILES string of the molecule is COc1ccc(COCC2(COCc3ccc(OC)cc3)OC(O)(c3ccc(F)c(Cc4ccc(OC5CCOC5)cc4)c3)C(OCc3ccccc3)[C@@H](OCc3ccccc3)[C@@H]2OB=N)cc1. The molecule has 5 atom stereocenters. The second kappa shape index (κ2) is 23.4. The fourth-order valence-electron chi connectivity index (χ4n) is 8.54.